The van der Waals surface area contributed by atoms with E-state index in [1.54, 1.807) is 13.2 Å². The third-order valence-electron chi connectivity index (χ3n) is 3.51. The number of benzene rings is 2. The monoisotopic (exact) mass is 288 g/mol. The molecule has 0 radical (unpaired) electrons. The summed E-state index contributed by atoms with van der Waals surface area (Å²) < 4.78 is 19.5. The summed E-state index contributed by atoms with van der Waals surface area (Å²) in [6, 6.07) is 12.7. The Balaban J connectivity index is 2.22. The topological polar surface area (TPSA) is 38.5 Å². The lowest BCUT2D eigenvalue weighted by atomic mass is 10.1. The Bertz CT molecular complexity index is 613. The molecule has 2 aromatic rings. The smallest absolute Gasteiger partial charge is 0.146 e. The van der Waals surface area contributed by atoms with E-state index in [9.17, 15) is 4.39 Å². The number of methoxy groups -OCH3 is 1. The van der Waals surface area contributed by atoms with Crippen LogP contribution in [0.25, 0.3) is 0 Å². The molecule has 0 saturated carbocycles. The molecule has 0 heterocycles. The molecule has 0 aliphatic rings. The van der Waals surface area contributed by atoms with Crippen LogP contribution in [0, 0.1) is 5.82 Å². The minimum Gasteiger partial charge on any atom is -0.496 e. The van der Waals surface area contributed by atoms with Crippen LogP contribution >= 0.6 is 0 Å². The molecule has 2 N–H and O–H groups in total. The van der Waals surface area contributed by atoms with Crippen molar-refractivity contribution in [3.8, 4) is 5.75 Å². The molecule has 112 valence electrons. The molecule has 0 aromatic heterocycles. The van der Waals surface area contributed by atoms with Crippen LogP contribution in [0.4, 0.5) is 10.1 Å². The first kappa shape index (κ1) is 15.3. The number of nitrogens with zero attached hydrogens (tertiary/aromatic N) is 1. The van der Waals surface area contributed by atoms with Crippen molar-refractivity contribution in [1.82, 2.24) is 0 Å². The van der Waals surface area contributed by atoms with Crippen molar-refractivity contribution in [2.24, 2.45) is 5.73 Å². The lowest BCUT2D eigenvalue weighted by Gasteiger charge is -2.22. The van der Waals surface area contributed by atoms with Gasteiger partial charge in [-0.3, -0.25) is 0 Å². The Hall–Kier alpha value is -2.07. The number of rotatable bonds is 5. The largest absolute Gasteiger partial charge is 0.496 e. The third kappa shape index (κ3) is 3.52. The number of para-hydroxylation sites is 1. The predicted molar refractivity (Wildman–Crippen MR) is 84.1 cm³/mol. The molecule has 2 aromatic carbocycles. The molecule has 0 aliphatic carbocycles. The zero-order chi connectivity index (χ0) is 15.4. The van der Waals surface area contributed by atoms with Gasteiger partial charge in [0.2, 0.25) is 0 Å². The van der Waals surface area contributed by atoms with Gasteiger partial charge in [-0.15, -0.1) is 0 Å². The van der Waals surface area contributed by atoms with E-state index in [0.29, 0.717) is 12.2 Å². The molecule has 0 saturated heterocycles. The maximum Gasteiger partial charge on any atom is 0.146 e. The van der Waals surface area contributed by atoms with Crippen molar-refractivity contribution in [3.05, 3.63) is 59.4 Å². The maximum absolute atomic E-state index is 14.2. The zero-order valence-electron chi connectivity index (χ0n) is 12.6. The SMILES string of the molecule is COc1ccccc1CN(C)c1ccc([C@@H](C)N)cc1F. The molecular formula is C17H21FN2O. The molecule has 21 heavy (non-hydrogen) atoms. The number of hydrogen-bond donors (Lipinski definition) is 1. The minimum absolute atomic E-state index is 0.173. The second-order valence-electron chi connectivity index (χ2n) is 5.17. The van der Waals surface area contributed by atoms with Crippen LogP contribution < -0.4 is 15.4 Å². The first-order chi connectivity index (χ1) is 10.0. The molecule has 0 spiro atoms. The summed E-state index contributed by atoms with van der Waals surface area (Å²) in [4.78, 5) is 1.86. The normalized spacial score (nSPS) is 12.0. The molecule has 0 aliphatic heterocycles. The fourth-order valence-electron chi connectivity index (χ4n) is 2.29. The van der Waals surface area contributed by atoms with Crippen molar-refractivity contribution in [3.63, 3.8) is 0 Å². The van der Waals surface area contributed by atoms with Gasteiger partial charge in [0, 0.05) is 25.2 Å². The predicted octanol–water partition coefficient (Wildman–Crippen LogP) is 3.49. The number of anilines is 1. The van der Waals surface area contributed by atoms with E-state index < -0.39 is 0 Å². The minimum atomic E-state index is -0.262. The third-order valence-corrected chi connectivity index (χ3v) is 3.51. The van der Waals surface area contributed by atoms with Crippen molar-refractivity contribution in [2.75, 3.05) is 19.1 Å². The summed E-state index contributed by atoms with van der Waals surface area (Å²) >= 11 is 0. The van der Waals surface area contributed by atoms with Crippen LogP contribution in [0.2, 0.25) is 0 Å². The molecule has 3 nitrogen and oxygen atoms in total. The second kappa shape index (κ2) is 6.59. The van der Waals surface area contributed by atoms with Crippen molar-refractivity contribution in [2.45, 2.75) is 19.5 Å². The van der Waals surface area contributed by atoms with Gasteiger partial charge in [0.1, 0.15) is 11.6 Å². The van der Waals surface area contributed by atoms with Crippen molar-refractivity contribution < 1.29 is 9.13 Å². The van der Waals surface area contributed by atoms with E-state index in [-0.39, 0.29) is 11.9 Å². The Labute approximate surface area is 125 Å². The van der Waals surface area contributed by atoms with E-state index in [1.165, 1.54) is 6.07 Å². The second-order valence-corrected chi connectivity index (χ2v) is 5.17. The molecule has 0 fully saturated rings. The van der Waals surface area contributed by atoms with Crippen LogP contribution in [-0.2, 0) is 6.54 Å². The summed E-state index contributed by atoms with van der Waals surface area (Å²) in [7, 11) is 3.49. The molecule has 2 rings (SSSR count). The molecule has 0 unspecified atom stereocenters. The number of ether oxygens (including phenoxy) is 1. The summed E-state index contributed by atoms with van der Waals surface area (Å²) in [5.41, 5.74) is 8.13. The Morgan fingerprint density at radius 1 is 1.24 bits per heavy atom. The van der Waals surface area contributed by atoms with Crippen molar-refractivity contribution >= 4 is 5.69 Å². The number of nitrogens with two attached hydrogens (primary N) is 1. The highest BCUT2D eigenvalue weighted by Gasteiger charge is 2.12. The summed E-state index contributed by atoms with van der Waals surface area (Å²) in [6.07, 6.45) is 0. The van der Waals surface area contributed by atoms with E-state index >= 15 is 0 Å². The van der Waals surface area contributed by atoms with Crippen molar-refractivity contribution in [1.29, 1.82) is 0 Å². The fraction of sp³-hybridized carbons (Fsp3) is 0.294. The van der Waals surface area contributed by atoms with Gasteiger partial charge < -0.3 is 15.4 Å². The van der Waals surface area contributed by atoms with Crippen LogP contribution in [-0.4, -0.2) is 14.2 Å². The average Bonchev–Trinajstić information content (AvgIpc) is 2.47. The standard InChI is InChI=1S/C17H21FN2O/c1-12(19)13-8-9-16(15(18)10-13)20(2)11-14-6-4-5-7-17(14)21-3/h4-10,12H,11,19H2,1-3H3/t12-/m1/s1. The average molecular weight is 288 g/mol. The number of halogens is 1. The van der Waals surface area contributed by atoms with Crippen LogP contribution in [0.5, 0.6) is 5.75 Å². The van der Waals surface area contributed by atoms with Crippen LogP contribution in [0.3, 0.4) is 0 Å². The Kier molecular flexibility index (Phi) is 4.81. The maximum atomic E-state index is 14.2. The first-order valence-electron chi connectivity index (χ1n) is 6.91. The molecule has 1 atom stereocenters. The van der Waals surface area contributed by atoms with Gasteiger partial charge in [0.25, 0.3) is 0 Å². The Morgan fingerprint density at radius 3 is 2.57 bits per heavy atom. The molecule has 0 bridgehead atoms. The van der Waals surface area contributed by atoms with Crippen LogP contribution in [0.15, 0.2) is 42.5 Å². The first-order valence-corrected chi connectivity index (χ1v) is 6.91. The molecule has 4 heteroatoms. The van der Waals surface area contributed by atoms with E-state index in [2.05, 4.69) is 0 Å². The van der Waals surface area contributed by atoms with Gasteiger partial charge in [-0.1, -0.05) is 24.3 Å². The summed E-state index contributed by atoms with van der Waals surface area (Å²) in [5, 5.41) is 0. The van der Waals surface area contributed by atoms with E-state index in [4.69, 9.17) is 10.5 Å². The van der Waals surface area contributed by atoms with Gasteiger partial charge in [0.05, 0.1) is 12.8 Å². The fourth-order valence-corrected chi connectivity index (χ4v) is 2.29. The lowest BCUT2D eigenvalue weighted by Crippen LogP contribution is -2.18. The highest BCUT2D eigenvalue weighted by molar-refractivity contribution is 5.50. The number of hydrogen-bond acceptors (Lipinski definition) is 3. The highest BCUT2D eigenvalue weighted by atomic mass is 19.1. The van der Waals surface area contributed by atoms with Gasteiger partial charge in [-0.2, -0.15) is 0 Å². The highest BCUT2D eigenvalue weighted by Crippen LogP contribution is 2.25. The summed E-state index contributed by atoms with van der Waals surface area (Å²) in [5.74, 6) is 0.541. The summed E-state index contributed by atoms with van der Waals surface area (Å²) in [6.45, 7) is 2.41. The van der Waals surface area contributed by atoms with Gasteiger partial charge >= 0.3 is 0 Å². The molecular weight excluding hydrogens is 267 g/mol. The van der Waals surface area contributed by atoms with Crippen LogP contribution in [0.1, 0.15) is 24.1 Å². The molecule has 0 amide bonds. The lowest BCUT2D eigenvalue weighted by molar-refractivity contribution is 0.409. The van der Waals surface area contributed by atoms with Gasteiger partial charge in [-0.05, 0) is 30.7 Å². The van der Waals surface area contributed by atoms with E-state index in [0.717, 1.165) is 16.9 Å². The Morgan fingerprint density at radius 2 is 1.95 bits per heavy atom. The quantitative estimate of drug-likeness (QED) is 0.915. The van der Waals surface area contributed by atoms with Gasteiger partial charge in [0.15, 0.2) is 0 Å². The zero-order valence-corrected chi connectivity index (χ0v) is 12.6. The van der Waals surface area contributed by atoms with E-state index in [1.807, 2.05) is 49.2 Å². The van der Waals surface area contributed by atoms with Gasteiger partial charge in [-0.25, -0.2) is 4.39 Å².